The number of nitrogens with zero attached hydrogens (tertiary/aromatic N) is 2. The first-order chi connectivity index (χ1) is 15.2. The molecule has 0 atom stereocenters. The van der Waals surface area contributed by atoms with Crippen molar-refractivity contribution >= 4 is 49.9 Å². The fourth-order valence-electron chi connectivity index (χ4n) is 2.80. The lowest BCUT2D eigenvalue weighted by Gasteiger charge is -2.11. The van der Waals surface area contributed by atoms with E-state index >= 15 is 0 Å². The van der Waals surface area contributed by atoms with Crippen molar-refractivity contribution in [2.24, 2.45) is 0 Å². The SMILES string of the molecule is O=S(=O)(Nc1ccc(F)c(C#Cc2cnc3ncccc3c2)c1F)c1cc(Cl)ccc1Cl. The summed E-state index contributed by atoms with van der Waals surface area (Å²) in [5.74, 6) is 2.92. The Labute approximate surface area is 192 Å². The molecule has 2 heterocycles. The van der Waals surface area contributed by atoms with E-state index in [1.807, 2.05) is 0 Å². The van der Waals surface area contributed by atoms with Crippen LogP contribution in [0.1, 0.15) is 11.1 Å². The minimum atomic E-state index is -4.30. The number of anilines is 1. The minimum absolute atomic E-state index is 0.109. The van der Waals surface area contributed by atoms with Crippen LogP contribution >= 0.6 is 23.2 Å². The molecule has 0 bridgehead atoms. The van der Waals surface area contributed by atoms with Gasteiger partial charge in [-0.05, 0) is 48.5 Å². The summed E-state index contributed by atoms with van der Waals surface area (Å²) in [7, 11) is -4.30. The van der Waals surface area contributed by atoms with E-state index in [1.165, 1.54) is 18.3 Å². The standard InChI is InChI=1S/C22H11Cl2F2N3O2S/c23-15-4-6-17(24)20(11-15)32(30,31)29-19-8-7-18(25)16(21(19)26)5-3-13-10-14-2-1-9-27-22(14)28-12-13/h1-2,4,6-12,29H. The molecule has 0 saturated carbocycles. The molecular weight excluding hydrogens is 479 g/mol. The molecule has 1 N–H and O–H groups in total. The second-order valence-corrected chi connectivity index (χ2v) is 8.98. The van der Waals surface area contributed by atoms with Gasteiger partial charge in [0.05, 0.1) is 16.3 Å². The summed E-state index contributed by atoms with van der Waals surface area (Å²) >= 11 is 11.8. The van der Waals surface area contributed by atoms with E-state index in [4.69, 9.17) is 23.2 Å². The Morgan fingerprint density at radius 3 is 2.59 bits per heavy atom. The third kappa shape index (κ3) is 4.50. The molecule has 4 rings (SSSR count). The van der Waals surface area contributed by atoms with Gasteiger partial charge in [-0.2, -0.15) is 0 Å². The number of sulfonamides is 1. The Balaban J connectivity index is 1.70. The van der Waals surface area contributed by atoms with Crippen LogP contribution in [0.15, 0.2) is 65.8 Å². The molecule has 5 nitrogen and oxygen atoms in total. The van der Waals surface area contributed by atoms with Crippen molar-refractivity contribution in [3.8, 4) is 11.8 Å². The Morgan fingerprint density at radius 2 is 1.78 bits per heavy atom. The summed E-state index contributed by atoms with van der Waals surface area (Å²) in [4.78, 5) is 7.88. The average Bonchev–Trinajstić information content (AvgIpc) is 2.77. The van der Waals surface area contributed by atoms with Crippen molar-refractivity contribution in [2.75, 3.05) is 4.72 Å². The van der Waals surface area contributed by atoms with E-state index in [2.05, 4.69) is 26.5 Å². The first-order valence-corrected chi connectivity index (χ1v) is 11.2. The highest BCUT2D eigenvalue weighted by atomic mass is 35.5. The van der Waals surface area contributed by atoms with E-state index in [9.17, 15) is 17.2 Å². The lowest BCUT2D eigenvalue weighted by atomic mass is 10.1. The van der Waals surface area contributed by atoms with E-state index in [0.717, 1.165) is 18.2 Å². The predicted octanol–water partition coefficient (Wildman–Crippen LogP) is 5.42. The molecular formula is C22H11Cl2F2N3O2S. The van der Waals surface area contributed by atoms with Gasteiger partial charge in [-0.25, -0.2) is 27.2 Å². The molecule has 0 amide bonds. The zero-order valence-corrected chi connectivity index (χ0v) is 18.2. The molecule has 4 aromatic rings. The van der Waals surface area contributed by atoms with E-state index in [1.54, 1.807) is 24.4 Å². The topological polar surface area (TPSA) is 72.0 Å². The molecule has 0 aliphatic heterocycles. The van der Waals surface area contributed by atoms with Gasteiger partial charge in [-0.15, -0.1) is 0 Å². The smallest absolute Gasteiger partial charge is 0.263 e. The van der Waals surface area contributed by atoms with Gasteiger partial charge in [0.15, 0.2) is 11.5 Å². The molecule has 160 valence electrons. The molecule has 0 aliphatic carbocycles. The summed E-state index contributed by atoms with van der Waals surface area (Å²) in [6.07, 6.45) is 3.01. The zero-order valence-electron chi connectivity index (χ0n) is 15.9. The minimum Gasteiger partial charge on any atom is -0.277 e. The maximum Gasteiger partial charge on any atom is 0.263 e. The number of nitrogens with one attached hydrogen (secondary N) is 1. The van der Waals surface area contributed by atoms with Gasteiger partial charge >= 0.3 is 0 Å². The Morgan fingerprint density at radius 1 is 0.969 bits per heavy atom. The highest BCUT2D eigenvalue weighted by molar-refractivity contribution is 7.92. The molecule has 2 aromatic heterocycles. The maximum atomic E-state index is 15.0. The third-order valence-corrected chi connectivity index (χ3v) is 6.39. The first kappa shape index (κ1) is 22.0. The van der Waals surface area contributed by atoms with Gasteiger partial charge in [-0.1, -0.05) is 35.0 Å². The molecule has 32 heavy (non-hydrogen) atoms. The molecule has 0 fully saturated rings. The van der Waals surface area contributed by atoms with Crippen molar-refractivity contribution < 1.29 is 17.2 Å². The van der Waals surface area contributed by atoms with Crippen molar-refractivity contribution in [3.63, 3.8) is 0 Å². The number of fused-ring (bicyclic) bond motifs is 1. The average molecular weight is 490 g/mol. The second-order valence-electron chi connectivity index (χ2n) is 6.49. The molecule has 0 aliphatic rings. The van der Waals surface area contributed by atoms with Crippen LogP contribution in [0, 0.1) is 23.5 Å². The largest absolute Gasteiger partial charge is 0.277 e. The van der Waals surface area contributed by atoms with Crippen LogP contribution in [0.4, 0.5) is 14.5 Å². The first-order valence-electron chi connectivity index (χ1n) is 8.93. The van der Waals surface area contributed by atoms with Gasteiger partial charge in [0.1, 0.15) is 10.7 Å². The fourth-order valence-corrected chi connectivity index (χ4v) is 4.62. The number of rotatable bonds is 3. The number of hydrogen-bond donors (Lipinski definition) is 1. The monoisotopic (exact) mass is 489 g/mol. The third-order valence-electron chi connectivity index (χ3n) is 4.30. The van der Waals surface area contributed by atoms with Crippen LogP contribution < -0.4 is 4.72 Å². The summed E-state index contributed by atoms with van der Waals surface area (Å²) in [5.41, 5.74) is -0.186. The van der Waals surface area contributed by atoms with E-state index in [-0.39, 0.29) is 14.9 Å². The number of halogens is 4. The van der Waals surface area contributed by atoms with Crippen LogP contribution in [0.25, 0.3) is 11.0 Å². The van der Waals surface area contributed by atoms with Crippen molar-refractivity contribution in [2.45, 2.75) is 4.90 Å². The van der Waals surface area contributed by atoms with Crippen LogP contribution in [0.3, 0.4) is 0 Å². The van der Waals surface area contributed by atoms with Crippen LogP contribution in [0.5, 0.6) is 0 Å². The molecule has 2 aromatic carbocycles. The quantitative estimate of drug-likeness (QED) is 0.390. The molecule has 10 heteroatoms. The van der Waals surface area contributed by atoms with Crippen molar-refractivity contribution in [1.29, 1.82) is 0 Å². The number of aromatic nitrogens is 2. The molecule has 0 saturated heterocycles. The zero-order chi connectivity index (χ0) is 22.9. The van der Waals surface area contributed by atoms with Gasteiger partial charge in [-0.3, -0.25) is 4.72 Å². The normalized spacial score (nSPS) is 11.1. The Hall–Kier alpha value is -3.25. The Bertz CT molecular complexity index is 1530. The lowest BCUT2D eigenvalue weighted by Crippen LogP contribution is -2.15. The summed E-state index contributed by atoms with van der Waals surface area (Å²) in [6, 6.07) is 10.9. The number of benzene rings is 2. The van der Waals surface area contributed by atoms with Crippen LogP contribution in [0.2, 0.25) is 10.0 Å². The highest BCUT2D eigenvalue weighted by Gasteiger charge is 2.22. The van der Waals surface area contributed by atoms with Gasteiger partial charge in [0.25, 0.3) is 10.0 Å². The highest BCUT2D eigenvalue weighted by Crippen LogP contribution is 2.29. The van der Waals surface area contributed by atoms with Crippen molar-refractivity contribution in [1.82, 2.24) is 9.97 Å². The van der Waals surface area contributed by atoms with Gasteiger partial charge in [0.2, 0.25) is 0 Å². The summed E-state index contributed by atoms with van der Waals surface area (Å²) in [5, 5.41) is 0.725. The fraction of sp³-hybridized carbons (Fsp3) is 0. The van der Waals surface area contributed by atoms with E-state index in [0.29, 0.717) is 16.6 Å². The maximum absolute atomic E-state index is 15.0. The van der Waals surface area contributed by atoms with Crippen LogP contribution in [-0.4, -0.2) is 18.4 Å². The predicted molar refractivity (Wildman–Crippen MR) is 119 cm³/mol. The van der Waals surface area contributed by atoms with Crippen LogP contribution in [-0.2, 0) is 10.0 Å². The second kappa shape index (κ2) is 8.71. The molecule has 0 spiro atoms. The van der Waals surface area contributed by atoms with Crippen molar-refractivity contribution in [3.05, 3.63) is 93.7 Å². The van der Waals surface area contributed by atoms with Gasteiger partial charge in [0, 0.05) is 28.4 Å². The number of hydrogen-bond acceptors (Lipinski definition) is 4. The number of pyridine rings is 2. The van der Waals surface area contributed by atoms with E-state index < -0.39 is 32.9 Å². The summed E-state index contributed by atoms with van der Waals surface area (Å²) < 4.78 is 56.6. The lowest BCUT2D eigenvalue weighted by molar-refractivity contribution is 0.578. The van der Waals surface area contributed by atoms with Gasteiger partial charge < -0.3 is 0 Å². The molecule has 0 radical (unpaired) electrons. The summed E-state index contributed by atoms with van der Waals surface area (Å²) in [6.45, 7) is 0. The molecule has 0 unspecified atom stereocenters. The Kier molecular flexibility index (Phi) is 5.98.